The van der Waals surface area contributed by atoms with Gasteiger partial charge in [-0.15, -0.1) is 0 Å². The first-order valence-electron chi connectivity index (χ1n) is 6.63. The molecule has 0 saturated carbocycles. The van der Waals surface area contributed by atoms with Crippen LogP contribution in [0.25, 0.3) is 10.9 Å². The van der Waals surface area contributed by atoms with Gasteiger partial charge < -0.3 is 4.74 Å². The molecular weight excluding hydrogens is 222 g/mol. The van der Waals surface area contributed by atoms with Gasteiger partial charge in [-0.1, -0.05) is 39.0 Å². The Morgan fingerprint density at radius 3 is 2.67 bits per heavy atom. The van der Waals surface area contributed by atoms with Gasteiger partial charge in [0.2, 0.25) is 0 Å². The Morgan fingerprint density at radius 1 is 1.11 bits per heavy atom. The van der Waals surface area contributed by atoms with Crippen LogP contribution in [0.3, 0.4) is 0 Å². The van der Waals surface area contributed by atoms with Crippen molar-refractivity contribution in [1.29, 1.82) is 0 Å². The maximum Gasteiger partial charge on any atom is 0.145 e. The Bertz CT molecular complexity index is 502. The lowest BCUT2D eigenvalue weighted by atomic mass is 10.00. The zero-order valence-electron chi connectivity index (χ0n) is 11.4. The molecule has 1 heterocycles. The number of ether oxygens (including phenoxy) is 1. The van der Waals surface area contributed by atoms with Crippen LogP contribution in [-0.4, -0.2) is 11.6 Å². The van der Waals surface area contributed by atoms with Crippen LogP contribution in [0.5, 0.6) is 5.75 Å². The van der Waals surface area contributed by atoms with Crippen molar-refractivity contribution in [3.8, 4) is 5.75 Å². The lowest BCUT2D eigenvalue weighted by molar-refractivity contribution is 0.241. The van der Waals surface area contributed by atoms with Crippen molar-refractivity contribution in [3.05, 3.63) is 36.5 Å². The number of para-hydroxylation sites is 1. The fraction of sp³-hybridized carbons (Fsp3) is 0.438. The zero-order chi connectivity index (χ0) is 13.0. The van der Waals surface area contributed by atoms with Crippen molar-refractivity contribution in [2.45, 2.75) is 27.2 Å². The molecule has 0 fully saturated rings. The minimum absolute atomic E-state index is 0.573. The second-order valence-electron chi connectivity index (χ2n) is 5.38. The number of nitrogens with zero attached hydrogens (tertiary/aromatic N) is 1. The van der Waals surface area contributed by atoms with Crippen LogP contribution in [0.4, 0.5) is 0 Å². The Hall–Kier alpha value is -1.57. The Kier molecular flexibility index (Phi) is 4.19. The van der Waals surface area contributed by atoms with Crippen molar-refractivity contribution in [1.82, 2.24) is 4.98 Å². The molecule has 0 saturated heterocycles. The van der Waals surface area contributed by atoms with Crippen LogP contribution in [0.15, 0.2) is 36.5 Å². The maximum atomic E-state index is 5.92. The molecule has 0 N–H and O–H groups in total. The molecule has 2 aromatic rings. The zero-order valence-corrected chi connectivity index (χ0v) is 11.4. The largest absolute Gasteiger partial charge is 0.491 e. The summed E-state index contributed by atoms with van der Waals surface area (Å²) in [6, 6.07) is 10.1. The third kappa shape index (κ3) is 3.22. The van der Waals surface area contributed by atoms with Gasteiger partial charge in [0.25, 0.3) is 0 Å². The summed E-state index contributed by atoms with van der Waals surface area (Å²) in [7, 11) is 0. The van der Waals surface area contributed by atoms with E-state index in [1.165, 1.54) is 6.42 Å². The molecular formula is C16H21NO. The van der Waals surface area contributed by atoms with Gasteiger partial charge in [0.15, 0.2) is 0 Å². The monoisotopic (exact) mass is 243 g/mol. The summed E-state index contributed by atoms with van der Waals surface area (Å²) in [5.74, 6) is 2.18. The van der Waals surface area contributed by atoms with Gasteiger partial charge in [0.05, 0.1) is 6.61 Å². The number of pyridine rings is 1. The predicted octanol–water partition coefficient (Wildman–Crippen LogP) is 4.30. The number of hydrogen-bond acceptors (Lipinski definition) is 2. The third-order valence-corrected chi connectivity index (χ3v) is 2.99. The first kappa shape index (κ1) is 12.9. The van der Waals surface area contributed by atoms with Gasteiger partial charge in [-0.3, -0.25) is 4.98 Å². The average molecular weight is 243 g/mol. The van der Waals surface area contributed by atoms with E-state index in [4.69, 9.17) is 4.74 Å². The van der Waals surface area contributed by atoms with Crippen LogP contribution in [-0.2, 0) is 0 Å². The van der Waals surface area contributed by atoms with Gasteiger partial charge in [0, 0.05) is 11.6 Å². The van der Waals surface area contributed by atoms with E-state index in [-0.39, 0.29) is 0 Å². The molecule has 18 heavy (non-hydrogen) atoms. The molecule has 0 aliphatic rings. The van der Waals surface area contributed by atoms with E-state index in [0.717, 1.165) is 23.3 Å². The molecule has 1 aromatic heterocycles. The first-order chi connectivity index (χ1) is 8.66. The summed E-state index contributed by atoms with van der Waals surface area (Å²) in [6.45, 7) is 7.48. The molecule has 0 spiro atoms. The Labute approximate surface area is 109 Å². The molecule has 1 atom stereocenters. The maximum absolute atomic E-state index is 5.92. The lowest BCUT2D eigenvalue weighted by Crippen LogP contribution is -2.11. The van der Waals surface area contributed by atoms with E-state index >= 15 is 0 Å². The first-order valence-corrected chi connectivity index (χ1v) is 6.63. The van der Waals surface area contributed by atoms with Crippen molar-refractivity contribution in [3.63, 3.8) is 0 Å². The van der Waals surface area contributed by atoms with Crippen molar-refractivity contribution in [2.24, 2.45) is 11.8 Å². The van der Waals surface area contributed by atoms with Crippen LogP contribution in [0.2, 0.25) is 0 Å². The predicted molar refractivity (Wildman–Crippen MR) is 75.9 cm³/mol. The van der Waals surface area contributed by atoms with Crippen LogP contribution in [0.1, 0.15) is 27.2 Å². The Morgan fingerprint density at radius 2 is 1.89 bits per heavy atom. The summed E-state index contributed by atoms with van der Waals surface area (Å²) >= 11 is 0. The quantitative estimate of drug-likeness (QED) is 0.781. The SMILES string of the molecule is CC(C)CC(C)COc1cccc2cccnc12. The topological polar surface area (TPSA) is 22.1 Å². The number of benzene rings is 1. The molecule has 2 rings (SSSR count). The Balaban J connectivity index is 2.08. The fourth-order valence-corrected chi connectivity index (χ4v) is 2.30. The third-order valence-electron chi connectivity index (χ3n) is 2.99. The highest BCUT2D eigenvalue weighted by molar-refractivity contribution is 5.84. The lowest BCUT2D eigenvalue weighted by Gasteiger charge is -2.15. The molecule has 96 valence electrons. The van der Waals surface area contributed by atoms with Gasteiger partial charge >= 0.3 is 0 Å². The summed E-state index contributed by atoms with van der Waals surface area (Å²) in [6.07, 6.45) is 3.00. The van der Waals surface area contributed by atoms with Gasteiger partial charge in [-0.2, -0.15) is 0 Å². The van der Waals surface area contributed by atoms with E-state index in [0.29, 0.717) is 11.8 Å². The highest BCUT2D eigenvalue weighted by Gasteiger charge is 2.08. The molecule has 2 nitrogen and oxygen atoms in total. The summed E-state index contributed by atoms with van der Waals surface area (Å²) in [4.78, 5) is 4.40. The smallest absolute Gasteiger partial charge is 0.145 e. The number of hydrogen-bond donors (Lipinski definition) is 0. The van der Waals surface area contributed by atoms with E-state index in [2.05, 4.69) is 37.9 Å². The minimum atomic E-state index is 0.573. The summed E-state index contributed by atoms with van der Waals surface area (Å²) in [5, 5.41) is 1.13. The molecule has 0 aliphatic carbocycles. The van der Waals surface area contributed by atoms with Crippen LogP contribution in [0, 0.1) is 11.8 Å². The molecule has 0 radical (unpaired) electrons. The van der Waals surface area contributed by atoms with Gasteiger partial charge in [0.1, 0.15) is 11.3 Å². The van der Waals surface area contributed by atoms with E-state index in [1.807, 2.05) is 24.4 Å². The highest BCUT2D eigenvalue weighted by Crippen LogP contribution is 2.24. The summed E-state index contributed by atoms with van der Waals surface area (Å²) in [5.41, 5.74) is 0.955. The van der Waals surface area contributed by atoms with E-state index in [9.17, 15) is 0 Å². The van der Waals surface area contributed by atoms with Crippen molar-refractivity contribution < 1.29 is 4.74 Å². The number of aromatic nitrogens is 1. The minimum Gasteiger partial charge on any atom is -0.491 e. The van der Waals surface area contributed by atoms with Gasteiger partial charge in [-0.25, -0.2) is 0 Å². The van der Waals surface area contributed by atoms with Crippen molar-refractivity contribution in [2.75, 3.05) is 6.61 Å². The molecule has 1 unspecified atom stereocenters. The summed E-state index contributed by atoms with van der Waals surface area (Å²) < 4.78 is 5.92. The molecule has 0 aliphatic heterocycles. The number of rotatable bonds is 5. The standard InChI is InChI=1S/C16H21NO/c1-12(2)10-13(3)11-18-15-8-4-6-14-7-5-9-17-16(14)15/h4-9,12-13H,10-11H2,1-3H3. The van der Waals surface area contributed by atoms with Gasteiger partial charge in [-0.05, 0) is 30.4 Å². The highest BCUT2D eigenvalue weighted by atomic mass is 16.5. The normalized spacial score (nSPS) is 12.9. The average Bonchev–Trinajstić information content (AvgIpc) is 2.35. The number of fused-ring (bicyclic) bond motifs is 1. The second-order valence-corrected chi connectivity index (χ2v) is 5.38. The van der Waals surface area contributed by atoms with Crippen molar-refractivity contribution >= 4 is 10.9 Å². The second kappa shape index (κ2) is 5.85. The van der Waals surface area contributed by atoms with Crippen LogP contribution < -0.4 is 4.74 Å². The molecule has 1 aromatic carbocycles. The van der Waals surface area contributed by atoms with E-state index < -0.39 is 0 Å². The molecule has 2 heteroatoms. The molecule has 0 bridgehead atoms. The fourth-order valence-electron chi connectivity index (χ4n) is 2.30. The van der Waals surface area contributed by atoms with Crippen LogP contribution >= 0.6 is 0 Å². The van der Waals surface area contributed by atoms with E-state index in [1.54, 1.807) is 0 Å². The molecule has 0 amide bonds.